The first-order chi connectivity index (χ1) is 11.7. The van der Waals surface area contributed by atoms with Gasteiger partial charge in [0.2, 0.25) is 0 Å². The lowest BCUT2D eigenvalue weighted by atomic mass is 9.88. The molecule has 0 aliphatic rings. The van der Waals surface area contributed by atoms with Crippen LogP contribution >= 0.6 is 0 Å². The van der Waals surface area contributed by atoms with Crippen molar-refractivity contribution in [3.05, 3.63) is 0 Å². The van der Waals surface area contributed by atoms with E-state index in [1.54, 1.807) is 0 Å². The third kappa shape index (κ3) is 3.05. The summed E-state index contributed by atoms with van der Waals surface area (Å²) in [5.74, 6) is -56.9. The lowest BCUT2D eigenvalue weighted by molar-refractivity contribution is -0.470. The van der Waals surface area contributed by atoms with E-state index in [1.807, 2.05) is 0 Å². The number of aliphatic hydroxyl groups is 1. The molecule has 0 rings (SSSR count). The van der Waals surface area contributed by atoms with E-state index < -0.39 is 60.7 Å². The van der Waals surface area contributed by atoms with Crippen molar-refractivity contribution in [3.63, 3.8) is 0 Å². The van der Waals surface area contributed by atoms with Crippen molar-refractivity contribution in [1.29, 1.82) is 0 Å². The van der Waals surface area contributed by atoms with E-state index in [2.05, 4.69) is 0 Å². The first kappa shape index (κ1) is 26.8. The van der Waals surface area contributed by atoms with E-state index >= 15 is 0 Å². The van der Waals surface area contributed by atoms with Crippen LogP contribution in [-0.4, -0.2) is 58.8 Å². The van der Waals surface area contributed by atoms with Gasteiger partial charge in [0.25, 0.3) is 0 Å². The molecule has 0 saturated heterocycles. The van der Waals surface area contributed by atoms with Gasteiger partial charge in [-0.2, -0.15) is 70.2 Å². The Kier molecular flexibility index (Phi) is 6.10. The molecule has 0 bridgehead atoms. The second kappa shape index (κ2) is 6.38. The molecular formula is C10H5F17O. The molecule has 0 heterocycles. The van der Waals surface area contributed by atoms with Gasteiger partial charge in [-0.05, 0) is 6.92 Å². The lowest BCUT2D eigenvalue weighted by Gasteiger charge is -2.43. The highest BCUT2D eigenvalue weighted by Gasteiger charge is 2.95. The fraction of sp³-hybridized carbons (Fsp3) is 1.00. The highest BCUT2D eigenvalue weighted by Crippen LogP contribution is 2.63. The Bertz CT molecular complexity index is 571. The Morgan fingerprint density at radius 2 is 0.679 bits per heavy atom. The minimum absolute atomic E-state index is 0.671. The molecule has 0 spiro atoms. The van der Waals surface area contributed by atoms with Gasteiger partial charge in [-0.15, -0.1) is 0 Å². The molecule has 0 saturated carbocycles. The summed E-state index contributed by atoms with van der Waals surface area (Å²) in [7, 11) is 0. The molecule has 0 aliphatic heterocycles. The van der Waals surface area contributed by atoms with Gasteiger partial charge in [0.15, 0.2) is 6.17 Å². The van der Waals surface area contributed by atoms with E-state index in [0.29, 0.717) is 0 Å². The summed E-state index contributed by atoms with van der Waals surface area (Å²) < 4.78 is 217. The number of hydrogen-bond donors (Lipinski definition) is 1. The number of hydrogen-bond acceptors (Lipinski definition) is 1. The zero-order chi connectivity index (χ0) is 23.6. The average Bonchev–Trinajstić information content (AvgIpc) is 2.44. The molecular weight excluding hydrogens is 459 g/mol. The zero-order valence-electron chi connectivity index (χ0n) is 12.4. The molecule has 0 radical (unpaired) electrons. The summed E-state index contributed by atoms with van der Waals surface area (Å²) in [6.45, 7) is -0.671. The molecule has 0 aliphatic carbocycles. The van der Waals surface area contributed by atoms with Crippen LogP contribution < -0.4 is 0 Å². The van der Waals surface area contributed by atoms with Gasteiger partial charge >= 0.3 is 47.6 Å². The van der Waals surface area contributed by atoms with Crippen LogP contribution in [0.25, 0.3) is 0 Å². The summed E-state index contributed by atoms with van der Waals surface area (Å²) in [6, 6.07) is 0. The SMILES string of the molecule is CC(F)C(F)(F)C(F)(F)C(F)(F)C(F)(F)C(F)(F)C(F)(F)C(F)(F)C(O)(F)F. The molecule has 0 aromatic heterocycles. The Labute approximate surface area is 142 Å². The van der Waals surface area contributed by atoms with E-state index in [0.717, 1.165) is 0 Å². The monoisotopic (exact) mass is 464 g/mol. The lowest BCUT2D eigenvalue weighted by Crippen LogP contribution is -2.75. The Balaban J connectivity index is 6.72. The van der Waals surface area contributed by atoms with Crippen LogP contribution in [0.15, 0.2) is 0 Å². The van der Waals surface area contributed by atoms with Crippen LogP contribution in [0, 0.1) is 0 Å². The largest absolute Gasteiger partial charge is 0.423 e. The van der Waals surface area contributed by atoms with Crippen molar-refractivity contribution in [2.45, 2.75) is 60.7 Å². The van der Waals surface area contributed by atoms with E-state index in [4.69, 9.17) is 5.11 Å². The van der Waals surface area contributed by atoms with Crippen molar-refractivity contribution in [2.24, 2.45) is 0 Å². The van der Waals surface area contributed by atoms with Gasteiger partial charge in [-0.3, -0.25) is 0 Å². The molecule has 1 atom stereocenters. The predicted octanol–water partition coefficient (Wildman–Crippen LogP) is 5.38. The molecule has 18 heteroatoms. The number of halogens is 17. The Morgan fingerprint density at radius 3 is 0.893 bits per heavy atom. The molecule has 1 nitrogen and oxygen atoms in total. The summed E-state index contributed by atoms with van der Waals surface area (Å²) >= 11 is 0. The van der Waals surface area contributed by atoms with Crippen LogP contribution in [0.2, 0.25) is 0 Å². The molecule has 0 aromatic rings. The summed E-state index contributed by atoms with van der Waals surface area (Å²) in [5, 5.41) is 7.43. The first-order valence-corrected chi connectivity index (χ1v) is 6.08. The highest BCUT2D eigenvalue weighted by molar-refractivity contribution is 5.15. The molecule has 1 N–H and O–H groups in total. The molecule has 0 aromatic carbocycles. The quantitative estimate of drug-likeness (QED) is 0.479. The van der Waals surface area contributed by atoms with Crippen molar-refractivity contribution >= 4 is 0 Å². The van der Waals surface area contributed by atoms with Crippen LogP contribution in [0.5, 0.6) is 0 Å². The zero-order valence-corrected chi connectivity index (χ0v) is 12.4. The first-order valence-electron chi connectivity index (χ1n) is 6.08. The smallest absolute Gasteiger partial charge is 0.331 e. The van der Waals surface area contributed by atoms with E-state index in [1.165, 1.54) is 0 Å². The maximum absolute atomic E-state index is 13.1. The third-order valence-electron chi connectivity index (χ3n) is 3.27. The van der Waals surface area contributed by atoms with Gasteiger partial charge in [-0.25, -0.2) is 4.39 Å². The molecule has 0 amide bonds. The van der Waals surface area contributed by atoms with Gasteiger partial charge in [-0.1, -0.05) is 0 Å². The standard InChI is InChI=1S/C10H5F17O/c1-2(11)3(12,13)4(14,15)5(16,17)6(18,19)7(20,21)8(22,23)9(24,25)10(26,27)28/h2,28H,1H3. The summed E-state index contributed by atoms with van der Waals surface area (Å²) in [5.41, 5.74) is 0. The maximum atomic E-state index is 13.1. The van der Waals surface area contributed by atoms with Crippen LogP contribution in [-0.2, 0) is 0 Å². The molecule has 28 heavy (non-hydrogen) atoms. The minimum atomic E-state index is -8.61. The summed E-state index contributed by atoms with van der Waals surface area (Å²) in [4.78, 5) is 0. The second-order valence-electron chi connectivity index (χ2n) is 5.23. The molecule has 170 valence electrons. The predicted molar refractivity (Wildman–Crippen MR) is 52.4 cm³/mol. The van der Waals surface area contributed by atoms with E-state index in [9.17, 15) is 74.6 Å². The van der Waals surface area contributed by atoms with Crippen molar-refractivity contribution in [3.8, 4) is 0 Å². The van der Waals surface area contributed by atoms with Crippen molar-refractivity contribution in [2.75, 3.05) is 0 Å². The van der Waals surface area contributed by atoms with Crippen LogP contribution in [0.3, 0.4) is 0 Å². The average molecular weight is 464 g/mol. The second-order valence-corrected chi connectivity index (χ2v) is 5.23. The Hall–Kier alpha value is -1.23. The van der Waals surface area contributed by atoms with Crippen LogP contribution in [0.1, 0.15) is 6.92 Å². The van der Waals surface area contributed by atoms with Gasteiger partial charge in [0.1, 0.15) is 0 Å². The molecule has 0 fully saturated rings. The maximum Gasteiger partial charge on any atom is 0.423 e. The van der Waals surface area contributed by atoms with Crippen molar-refractivity contribution in [1.82, 2.24) is 0 Å². The third-order valence-corrected chi connectivity index (χ3v) is 3.27. The van der Waals surface area contributed by atoms with Crippen LogP contribution in [0.4, 0.5) is 74.6 Å². The van der Waals surface area contributed by atoms with E-state index in [-0.39, 0.29) is 0 Å². The number of alkyl halides is 17. The normalized spacial score (nSPS) is 17.7. The highest BCUT2D eigenvalue weighted by atomic mass is 19.4. The van der Waals surface area contributed by atoms with Crippen molar-refractivity contribution < 1.29 is 79.7 Å². The minimum Gasteiger partial charge on any atom is -0.331 e. The molecule has 1 unspecified atom stereocenters. The van der Waals surface area contributed by atoms with Gasteiger partial charge in [0, 0.05) is 0 Å². The van der Waals surface area contributed by atoms with Gasteiger partial charge in [0.05, 0.1) is 0 Å². The number of rotatable bonds is 8. The topological polar surface area (TPSA) is 20.2 Å². The fourth-order valence-corrected chi connectivity index (χ4v) is 1.44. The van der Waals surface area contributed by atoms with Gasteiger partial charge < -0.3 is 5.11 Å². The summed E-state index contributed by atoms with van der Waals surface area (Å²) in [6.07, 6.45) is -11.8. The Morgan fingerprint density at radius 1 is 0.464 bits per heavy atom. The fourth-order valence-electron chi connectivity index (χ4n) is 1.44.